The van der Waals surface area contributed by atoms with Gasteiger partial charge in [0.05, 0.1) is 0 Å². The summed E-state index contributed by atoms with van der Waals surface area (Å²) in [6.45, 7) is 4.33. The first-order chi connectivity index (χ1) is 11.1. The molecule has 0 bridgehead atoms. The van der Waals surface area contributed by atoms with E-state index in [1.54, 1.807) is 6.07 Å². The quantitative estimate of drug-likeness (QED) is 0.640. The Morgan fingerprint density at radius 2 is 2.00 bits per heavy atom. The Kier molecular flexibility index (Phi) is 4.39. The smallest absolute Gasteiger partial charge is 0.336 e. The third-order valence-electron chi connectivity index (χ3n) is 3.86. The third-order valence-corrected chi connectivity index (χ3v) is 4.10. The highest BCUT2D eigenvalue weighted by atomic mass is 35.5. The van der Waals surface area contributed by atoms with Crippen LogP contribution in [0.5, 0.6) is 5.75 Å². The first-order valence-electron chi connectivity index (χ1n) is 7.52. The zero-order chi connectivity index (χ0) is 16.4. The van der Waals surface area contributed by atoms with Gasteiger partial charge in [0, 0.05) is 22.0 Å². The van der Waals surface area contributed by atoms with E-state index in [1.165, 1.54) is 0 Å². The predicted molar refractivity (Wildman–Crippen MR) is 92.4 cm³/mol. The number of halogens is 1. The Bertz CT molecular complexity index is 912. The second kappa shape index (κ2) is 6.47. The Balaban J connectivity index is 1.96. The van der Waals surface area contributed by atoms with E-state index in [0.717, 1.165) is 28.5 Å². The van der Waals surface area contributed by atoms with Crippen molar-refractivity contribution in [2.45, 2.75) is 26.9 Å². The molecular formula is C19H17ClO3. The van der Waals surface area contributed by atoms with Gasteiger partial charge in [0.25, 0.3) is 0 Å². The SMILES string of the molecule is CCc1cc(=O)oc2c(C)c(OCc3cccc(Cl)c3)ccc12. The number of ether oxygens (including phenoxy) is 1. The molecule has 0 amide bonds. The summed E-state index contributed by atoms with van der Waals surface area (Å²) in [5, 5.41) is 1.64. The van der Waals surface area contributed by atoms with Crippen LogP contribution in [0.15, 0.2) is 51.7 Å². The van der Waals surface area contributed by atoms with Crippen molar-refractivity contribution in [2.75, 3.05) is 0 Å². The fraction of sp³-hybridized carbons (Fsp3) is 0.211. The van der Waals surface area contributed by atoms with Crippen molar-refractivity contribution < 1.29 is 9.15 Å². The van der Waals surface area contributed by atoms with Crippen LogP contribution in [-0.4, -0.2) is 0 Å². The summed E-state index contributed by atoms with van der Waals surface area (Å²) in [5.74, 6) is 0.703. The molecule has 0 unspecified atom stereocenters. The summed E-state index contributed by atoms with van der Waals surface area (Å²) in [6, 6.07) is 13.0. The standard InChI is InChI=1S/C19H17ClO3/c1-3-14-10-18(21)23-19-12(2)17(8-7-16(14)19)22-11-13-5-4-6-15(20)9-13/h4-10H,3,11H2,1-2H3. The lowest BCUT2D eigenvalue weighted by molar-refractivity contribution is 0.304. The maximum Gasteiger partial charge on any atom is 0.336 e. The number of rotatable bonds is 4. The maximum absolute atomic E-state index is 11.7. The topological polar surface area (TPSA) is 39.4 Å². The number of benzene rings is 2. The minimum absolute atomic E-state index is 0.329. The van der Waals surface area contributed by atoms with Crippen molar-refractivity contribution in [1.82, 2.24) is 0 Å². The molecule has 1 aromatic heterocycles. The van der Waals surface area contributed by atoms with Gasteiger partial charge in [0.15, 0.2) is 0 Å². The minimum atomic E-state index is -0.329. The molecule has 23 heavy (non-hydrogen) atoms. The van der Waals surface area contributed by atoms with Crippen molar-refractivity contribution in [3.8, 4) is 5.75 Å². The van der Waals surface area contributed by atoms with E-state index >= 15 is 0 Å². The van der Waals surface area contributed by atoms with Crippen LogP contribution in [0, 0.1) is 6.92 Å². The van der Waals surface area contributed by atoms with Crippen molar-refractivity contribution in [3.63, 3.8) is 0 Å². The Morgan fingerprint density at radius 1 is 1.17 bits per heavy atom. The van der Waals surface area contributed by atoms with Gasteiger partial charge in [-0.3, -0.25) is 0 Å². The lowest BCUT2D eigenvalue weighted by Crippen LogP contribution is -2.02. The second-order valence-electron chi connectivity index (χ2n) is 5.43. The first kappa shape index (κ1) is 15.6. The molecule has 3 nitrogen and oxygen atoms in total. The second-order valence-corrected chi connectivity index (χ2v) is 5.86. The molecule has 1 heterocycles. The van der Waals surface area contributed by atoms with E-state index in [4.69, 9.17) is 20.8 Å². The minimum Gasteiger partial charge on any atom is -0.488 e. The zero-order valence-electron chi connectivity index (χ0n) is 13.1. The molecule has 4 heteroatoms. The summed E-state index contributed by atoms with van der Waals surface area (Å²) in [7, 11) is 0. The molecule has 3 rings (SSSR count). The molecule has 3 aromatic rings. The van der Waals surface area contributed by atoms with Crippen LogP contribution in [0.25, 0.3) is 11.0 Å². The zero-order valence-corrected chi connectivity index (χ0v) is 13.8. The molecule has 0 aliphatic carbocycles. The van der Waals surface area contributed by atoms with Crippen LogP contribution in [0.4, 0.5) is 0 Å². The molecular weight excluding hydrogens is 312 g/mol. The number of hydrogen-bond acceptors (Lipinski definition) is 3. The highest BCUT2D eigenvalue weighted by molar-refractivity contribution is 6.30. The molecule has 0 radical (unpaired) electrons. The van der Waals surface area contributed by atoms with E-state index in [-0.39, 0.29) is 5.63 Å². The van der Waals surface area contributed by atoms with Crippen LogP contribution >= 0.6 is 11.6 Å². The van der Waals surface area contributed by atoms with E-state index in [1.807, 2.05) is 50.2 Å². The van der Waals surface area contributed by atoms with Gasteiger partial charge in [0.1, 0.15) is 17.9 Å². The van der Waals surface area contributed by atoms with Crippen molar-refractivity contribution in [1.29, 1.82) is 0 Å². The molecule has 2 aromatic carbocycles. The molecule has 0 aliphatic rings. The van der Waals surface area contributed by atoms with Gasteiger partial charge in [-0.2, -0.15) is 0 Å². The van der Waals surface area contributed by atoms with Gasteiger partial charge < -0.3 is 9.15 Å². The molecule has 0 aliphatic heterocycles. The highest BCUT2D eigenvalue weighted by Gasteiger charge is 2.11. The van der Waals surface area contributed by atoms with Gasteiger partial charge >= 0.3 is 5.63 Å². The van der Waals surface area contributed by atoms with Gasteiger partial charge in [0.2, 0.25) is 0 Å². The van der Waals surface area contributed by atoms with Crippen molar-refractivity contribution in [2.24, 2.45) is 0 Å². The normalized spacial score (nSPS) is 10.9. The van der Waals surface area contributed by atoms with Crippen LogP contribution < -0.4 is 10.4 Å². The van der Waals surface area contributed by atoms with Gasteiger partial charge in [-0.1, -0.05) is 30.7 Å². The Morgan fingerprint density at radius 3 is 2.74 bits per heavy atom. The lowest BCUT2D eigenvalue weighted by atomic mass is 10.0. The molecule has 0 fully saturated rings. The van der Waals surface area contributed by atoms with Crippen LogP contribution in [0.3, 0.4) is 0 Å². The summed E-state index contributed by atoms with van der Waals surface area (Å²) >= 11 is 5.98. The lowest BCUT2D eigenvalue weighted by Gasteiger charge is -2.12. The molecule has 0 N–H and O–H groups in total. The molecule has 0 spiro atoms. The Labute approximate surface area is 139 Å². The highest BCUT2D eigenvalue weighted by Crippen LogP contribution is 2.29. The number of fused-ring (bicyclic) bond motifs is 1. The van der Waals surface area contributed by atoms with Gasteiger partial charge in [-0.15, -0.1) is 0 Å². The summed E-state index contributed by atoms with van der Waals surface area (Å²) in [5.41, 5.74) is 3.07. The van der Waals surface area contributed by atoms with E-state index in [2.05, 4.69) is 0 Å². The largest absolute Gasteiger partial charge is 0.488 e. The fourth-order valence-corrected chi connectivity index (χ4v) is 2.86. The molecule has 118 valence electrons. The van der Waals surface area contributed by atoms with Gasteiger partial charge in [-0.05, 0) is 48.7 Å². The average Bonchev–Trinajstić information content (AvgIpc) is 2.54. The van der Waals surface area contributed by atoms with E-state index in [9.17, 15) is 4.79 Å². The predicted octanol–water partition coefficient (Wildman–Crippen LogP) is 4.90. The fourth-order valence-electron chi connectivity index (χ4n) is 2.64. The maximum atomic E-state index is 11.7. The van der Waals surface area contributed by atoms with E-state index in [0.29, 0.717) is 23.0 Å². The van der Waals surface area contributed by atoms with Crippen LogP contribution in [-0.2, 0) is 13.0 Å². The monoisotopic (exact) mass is 328 g/mol. The van der Waals surface area contributed by atoms with E-state index < -0.39 is 0 Å². The average molecular weight is 329 g/mol. The van der Waals surface area contributed by atoms with Crippen LogP contribution in [0.1, 0.15) is 23.6 Å². The Hall–Kier alpha value is -2.26. The molecule has 0 saturated carbocycles. The number of hydrogen-bond donors (Lipinski definition) is 0. The molecule has 0 saturated heterocycles. The summed E-state index contributed by atoms with van der Waals surface area (Å²) < 4.78 is 11.3. The third kappa shape index (κ3) is 3.25. The molecule has 0 atom stereocenters. The summed E-state index contributed by atoms with van der Waals surface area (Å²) in [4.78, 5) is 11.7. The first-order valence-corrected chi connectivity index (χ1v) is 7.90. The number of aryl methyl sites for hydroxylation is 2. The van der Waals surface area contributed by atoms with Gasteiger partial charge in [-0.25, -0.2) is 4.79 Å². The summed E-state index contributed by atoms with van der Waals surface area (Å²) in [6.07, 6.45) is 0.782. The van der Waals surface area contributed by atoms with Crippen molar-refractivity contribution >= 4 is 22.6 Å². The van der Waals surface area contributed by atoms with Crippen LogP contribution in [0.2, 0.25) is 5.02 Å². The van der Waals surface area contributed by atoms with Crippen molar-refractivity contribution in [3.05, 3.63) is 74.6 Å².